The second kappa shape index (κ2) is 11.5. The minimum Gasteiger partial charge on any atom is -0.309 e. The van der Waals surface area contributed by atoms with Crippen LogP contribution in [0.25, 0.3) is 88.4 Å². The lowest BCUT2D eigenvalue weighted by Crippen LogP contribution is -1.94. The summed E-state index contributed by atoms with van der Waals surface area (Å²) >= 11 is 0. The van der Waals surface area contributed by atoms with Crippen molar-refractivity contribution in [1.82, 2.24) is 9.13 Å². The summed E-state index contributed by atoms with van der Waals surface area (Å²) in [5.74, 6) is 0. The van der Waals surface area contributed by atoms with Crippen molar-refractivity contribution in [2.75, 3.05) is 0 Å². The summed E-state index contributed by atoms with van der Waals surface area (Å²) in [5.41, 5.74) is 14.4. The number of nitrogens with zero attached hydrogens (tertiary/aromatic N) is 2. The molecule has 8 aromatic carbocycles. The maximum absolute atomic E-state index is 2.37. The lowest BCUT2D eigenvalue weighted by Gasteiger charge is -2.14. The van der Waals surface area contributed by atoms with Crippen LogP contribution in [0.3, 0.4) is 0 Å². The van der Waals surface area contributed by atoms with Gasteiger partial charge in [0.15, 0.2) is 0 Å². The molecule has 234 valence electrons. The first-order chi connectivity index (χ1) is 24.8. The molecule has 0 bridgehead atoms. The Hall–Kier alpha value is -6.64. The zero-order valence-corrected chi connectivity index (χ0v) is 27.4. The Kier molecular flexibility index (Phi) is 6.53. The summed E-state index contributed by atoms with van der Waals surface area (Å²) in [6.07, 6.45) is 0. The number of rotatable bonds is 5. The van der Waals surface area contributed by atoms with Crippen molar-refractivity contribution in [1.29, 1.82) is 0 Å². The van der Waals surface area contributed by atoms with Crippen LogP contribution in [0.4, 0.5) is 0 Å². The van der Waals surface area contributed by atoms with Crippen molar-refractivity contribution >= 4 is 43.6 Å². The highest BCUT2D eigenvalue weighted by Crippen LogP contribution is 2.37. The smallest absolute Gasteiger partial charge is 0.0541 e. The minimum atomic E-state index is 1.16. The van der Waals surface area contributed by atoms with Crippen molar-refractivity contribution in [2.24, 2.45) is 0 Å². The molecule has 0 fully saturated rings. The number of aromatic nitrogens is 2. The average Bonchev–Trinajstić information content (AvgIpc) is 3.71. The van der Waals surface area contributed by atoms with Crippen LogP contribution in [0.15, 0.2) is 194 Å². The van der Waals surface area contributed by atoms with E-state index in [-0.39, 0.29) is 0 Å². The largest absolute Gasteiger partial charge is 0.309 e. The zero-order chi connectivity index (χ0) is 33.0. The summed E-state index contributed by atoms with van der Waals surface area (Å²) in [5, 5.41) is 5.10. The first-order valence-corrected chi connectivity index (χ1v) is 17.2. The van der Waals surface area contributed by atoms with E-state index in [1.165, 1.54) is 77.0 Å². The molecule has 2 nitrogen and oxygen atoms in total. The van der Waals surface area contributed by atoms with Gasteiger partial charge in [0.1, 0.15) is 0 Å². The van der Waals surface area contributed by atoms with Crippen LogP contribution in [0, 0.1) is 0 Å². The fourth-order valence-corrected chi connectivity index (χ4v) is 7.77. The van der Waals surface area contributed by atoms with Crippen molar-refractivity contribution in [3.8, 4) is 44.8 Å². The molecule has 0 aliphatic rings. The van der Waals surface area contributed by atoms with Crippen LogP contribution >= 0.6 is 0 Å². The monoisotopic (exact) mass is 636 g/mol. The lowest BCUT2D eigenvalue weighted by molar-refractivity contribution is 1.18. The summed E-state index contributed by atoms with van der Waals surface area (Å²) in [6.45, 7) is 0. The fourth-order valence-electron chi connectivity index (χ4n) is 7.77. The van der Waals surface area contributed by atoms with E-state index in [9.17, 15) is 0 Å². The number of hydrogen-bond donors (Lipinski definition) is 0. The predicted octanol–water partition coefficient (Wildman–Crippen LogP) is 12.9. The minimum absolute atomic E-state index is 1.16. The summed E-state index contributed by atoms with van der Waals surface area (Å²) < 4.78 is 4.75. The number of benzene rings is 8. The molecule has 0 amide bonds. The fraction of sp³-hybridized carbons (Fsp3) is 0. The van der Waals surface area contributed by atoms with E-state index in [2.05, 4.69) is 203 Å². The Morgan fingerprint density at radius 2 is 0.500 bits per heavy atom. The molecule has 0 unspecified atom stereocenters. The number of para-hydroxylation sites is 4. The molecule has 0 aliphatic carbocycles. The van der Waals surface area contributed by atoms with Gasteiger partial charge in [0.2, 0.25) is 0 Å². The van der Waals surface area contributed by atoms with Crippen molar-refractivity contribution in [3.05, 3.63) is 194 Å². The van der Waals surface area contributed by atoms with Crippen LogP contribution in [0.1, 0.15) is 0 Å². The second-order valence-corrected chi connectivity index (χ2v) is 13.0. The van der Waals surface area contributed by atoms with Gasteiger partial charge in [-0.2, -0.15) is 0 Å². The molecule has 10 aromatic rings. The summed E-state index contributed by atoms with van der Waals surface area (Å²) in [4.78, 5) is 0. The Morgan fingerprint density at radius 1 is 0.220 bits per heavy atom. The van der Waals surface area contributed by atoms with E-state index in [1.807, 2.05) is 0 Å². The van der Waals surface area contributed by atoms with Crippen molar-refractivity contribution in [3.63, 3.8) is 0 Å². The van der Waals surface area contributed by atoms with E-state index < -0.39 is 0 Å². The lowest BCUT2D eigenvalue weighted by atomic mass is 9.93. The number of hydrogen-bond acceptors (Lipinski definition) is 0. The molecule has 10 rings (SSSR count). The molecule has 2 heteroatoms. The molecule has 0 aliphatic heterocycles. The topological polar surface area (TPSA) is 9.86 Å². The zero-order valence-electron chi connectivity index (χ0n) is 27.4. The number of fused-ring (bicyclic) bond motifs is 6. The highest BCUT2D eigenvalue weighted by Gasteiger charge is 2.14. The molecule has 2 heterocycles. The standard InChI is InChI=1S/C48H32N2/c1-2-12-33(13-3-1)36-30-37(34-22-26-39(27-23-34)49-45-18-8-4-14-41(45)42-15-5-9-19-46(42)49)32-38(31-36)35-24-28-40(29-25-35)50-47-20-10-6-16-43(47)44-17-7-11-21-48(44)50/h1-32H. The molecule has 0 N–H and O–H groups in total. The maximum atomic E-state index is 2.37. The Labute approximate surface area is 290 Å². The first kappa shape index (κ1) is 28.4. The van der Waals surface area contributed by atoms with Crippen molar-refractivity contribution < 1.29 is 0 Å². The Morgan fingerprint density at radius 3 is 0.840 bits per heavy atom. The van der Waals surface area contributed by atoms with Gasteiger partial charge in [-0.25, -0.2) is 0 Å². The van der Waals surface area contributed by atoms with Gasteiger partial charge in [-0.1, -0.05) is 127 Å². The summed E-state index contributed by atoms with van der Waals surface area (Å²) in [7, 11) is 0. The van der Waals surface area contributed by atoms with E-state index in [0.29, 0.717) is 0 Å². The normalized spacial score (nSPS) is 11.6. The van der Waals surface area contributed by atoms with E-state index in [0.717, 1.165) is 11.4 Å². The maximum Gasteiger partial charge on any atom is 0.0541 e. The van der Waals surface area contributed by atoms with Gasteiger partial charge in [0.25, 0.3) is 0 Å². The predicted molar refractivity (Wildman–Crippen MR) is 211 cm³/mol. The van der Waals surface area contributed by atoms with E-state index in [1.54, 1.807) is 0 Å². The third-order valence-corrected chi connectivity index (χ3v) is 10.1. The highest BCUT2D eigenvalue weighted by molar-refractivity contribution is 6.10. The van der Waals surface area contributed by atoms with Gasteiger partial charge in [-0.05, 0) is 100 Å². The highest BCUT2D eigenvalue weighted by atomic mass is 15.0. The van der Waals surface area contributed by atoms with E-state index in [4.69, 9.17) is 0 Å². The van der Waals surface area contributed by atoms with Crippen LogP contribution in [-0.4, -0.2) is 9.13 Å². The third-order valence-electron chi connectivity index (χ3n) is 10.1. The molecule has 0 radical (unpaired) electrons. The average molecular weight is 637 g/mol. The molecular weight excluding hydrogens is 605 g/mol. The molecule has 0 saturated heterocycles. The van der Waals surface area contributed by atoms with Crippen LogP contribution in [-0.2, 0) is 0 Å². The molecule has 2 aromatic heterocycles. The third kappa shape index (κ3) is 4.57. The molecule has 0 saturated carbocycles. The second-order valence-electron chi connectivity index (χ2n) is 13.0. The first-order valence-electron chi connectivity index (χ1n) is 17.2. The molecule has 0 atom stereocenters. The van der Waals surface area contributed by atoms with E-state index >= 15 is 0 Å². The molecular formula is C48H32N2. The van der Waals surface area contributed by atoms with Crippen LogP contribution in [0.5, 0.6) is 0 Å². The van der Waals surface area contributed by atoms with Crippen molar-refractivity contribution in [2.45, 2.75) is 0 Å². The molecule has 0 spiro atoms. The van der Waals surface area contributed by atoms with Gasteiger partial charge in [-0.3, -0.25) is 0 Å². The quantitative estimate of drug-likeness (QED) is 0.178. The van der Waals surface area contributed by atoms with Crippen LogP contribution < -0.4 is 0 Å². The van der Waals surface area contributed by atoms with Gasteiger partial charge in [0, 0.05) is 32.9 Å². The Balaban J connectivity index is 1.07. The van der Waals surface area contributed by atoms with Gasteiger partial charge in [0.05, 0.1) is 22.1 Å². The summed E-state index contributed by atoms with van der Waals surface area (Å²) in [6, 6.07) is 70.4. The van der Waals surface area contributed by atoms with Crippen LogP contribution in [0.2, 0.25) is 0 Å². The molecule has 50 heavy (non-hydrogen) atoms. The SMILES string of the molecule is c1ccc(-c2cc(-c3ccc(-n4c5ccccc5c5ccccc54)cc3)cc(-c3ccc(-n4c5ccccc5c5ccccc54)cc3)c2)cc1. The van der Waals surface area contributed by atoms with Gasteiger partial charge in [-0.15, -0.1) is 0 Å². The Bertz CT molecular complexity index is 2550. The van der Waals surface area contributed by atoms with Gasteiger partial charge < -0.3 is 9.13 Å². The van der Waals surface area contributed by atoms with Gasteiger partial charge >= 0.3 is 0 Å².